The predicted molar refractivity (Wildman–Crippen MR) is 62.8 cm³/mol. The number of halogens is 1. The van der Waals surface area contributed by atoms with Crippen molar-refractivity contribution in [3.8, 4) is 11.5 Å². The van der Waals surface area contributed by atoms with Gasteiger partial charge in [0.15, 0.2) is 11.5 Å². The molecule has 4 nitrogen and oxygen atoms in total. The minimum Gasteiger partial charge on any atom is -0.495 e. The van der Waals surface area contributed by atoms with Crippen LogP contribution in [-0.4, -0.2) is 33.6 Å². The molecular formula is C11H14ClNO3. The number of rotatable bonds is 5. The van der Waals surface area contributed by atoms with Crippen LogP contribution in [0.5, 0.6) is 11.5 Å². The molecule has 0 aromatic heterocycles. The van der Waals surface area contributed by atoms with Gasteiger partial charge in [-0.1, -0.05) is 11.6 Å². The van der Waals surface area contributed by atoms with E-state index >= 15 is 0 Å². The average Bonchev–Trinajstić information content (AvgIpc) is 2.28. The van der Waals surface area contributed by atoms with Gasteiger partial charge in [-0.25, -0.2) is 0 Å². The highest BCUT2D eigenvalue weighted by atomic mass is 35.5. The fourth-order valence-electron chi connectivity index (χ4n) is 1.37. The van der Waals surface area contributed by atoms with Crippen molar-refractivity contribution in [2.24, 2.45) is 0 Å². The standard InChI is InChI=1S/C11H14ClNO3/c1-13-6-8(14)7-4-5-9(15-2)10(12)11(7)16-3/h4-5,13H,6H2,1-3H3. The maximum absolute atomic E-state index is 11.7. The third-order valence-electron chi connectivity index (χ3n) is 2.12. The summed E-state index contributed by atoms with van der Waals surface area (Å²) in [6.07, 6.45) is 0. The lowest BCUT2D eigenvalue weighted by molar-refractivity contribution is 0.0990. The predicted octanol–water partition coefficient (Wildman–Crippen LogP) is 1.76. The van der Waals surface area contributed by atoms with Crippen molar-refractivity contribution in [1.82, 2.24) is 5.32 Å². The highest BCUT2D eigenvalue weighted by Crippen LogP contribution is 2.36. The molecule has 0 saturated heterocycles. The Morgan fingerprint density at radius 1 is 1.38 bits per heavy atom. The van der Waals surface area contributed by atoms with E-state index in [1.165, 1.54) is 14.2 Å². The number of likely N-dealkylation sites (N-methyl/N-ethyl adjacent to an activating group) is 1. The lowest BCUT2D eigenvalue weighted by atomic mass is 10.1. The van der Waals surface area contributed by atoms with Crippen LogP contribution in [0.15, 0.2) is 12.1 Å². The number of ketones is 1. The number of benzene rings is 1. The summed E-state index contributed by atoms with van der Waals surface area (Å²) in [7, 11) is 4.68. The van der Waals surface area contributed by atoms with Crippen molar-refractivity contribution in [3.05, 3.63) is 22.7 Å². The van der Waals surface area contributed by atoms with E-state index < -0.39 is 0 Å². The largest absolute Gasteiger partial charge is 0.495 e. The van der Waals surface area contributed by atoms with Gasteiger partial charge < -0.3 is 14.8 Å². The molecule has 0 radical (unpaired) electrons. The molecule has 1 aromatic rings. The van der Waals surface area contributed by atoms with Crippen molar-refractivity contribution in [1.29, 1.82) is 0 Å². The number of methoxy groups -OCH3 is 2. The number of carbonyl (C=O) groups is 1. The summed E-state index contributed by atoms with van der Waals surface area (Å²) in [5.41, 5.74) is 0.447. The Hall–Kier alpha value is -1.26. The minimum absolute atomic E-state index is 0.0797. The van der Waals surface area contributed by atoms with E-state index in [1.807, 2.05) is 0 Å². The zero-order valence-electron chi connectivity index (χ0n) is 9.46. The normalized spacial score (nSPS) is 10.0. The molecule has 0 unspecified atom stereocenters. The summed E-state index contributed by atoms with van der Waals surface area (Å²) in [5.74, 6) is 0.754. The van der Waals surface area contributed by atoms with Gasteiger partial charge in [-0.15, -0.1) is 0 Å². The van der Waals surface area contributed by atoms with Crippen LogP contribution >= 0.6 is 11.6 Å². The van der Waals surface area contributed by atoms with Crippen LogP contribution in [-0.2, 0) is 0 Å². The first-order valence-corrected chi connectivity index (χ1v) is 5.11. The molecule has 0 spiro atoms. The number of hydrogen-bond donors (Lipinski definition) is 1. The van der Waals surface area contributed by atoms with E-state index in [2.05, 4.69) is 5.32 Å². The second kappa shape index (κ2) is 5.72. The second-order valence-electron chi connectivity index (χ2n) is 3.12. The van der Waals surface area contributed by atoms with Crippen LogP contribution in [0.4, 0.5) is 0 Å². The van der Waals surface area contributed by atoms with Crippen LogP contribution in [0.3, 0.4) is 0 Å². The molecule has 0 aliphatic carbocycles. The topological polar surface area (TPSA) is 47.6 Å². The van der Waals surface area contributed by atoms with Crippen LogP contribution in [0.2, 0.25) is 5.02 Å². The van der Waals surface area contributed by atoms with Gasteiger partial charge in [0.25, 0.3) is 0 Å². The molecule has 0 bridgehead atoms. The maximum Gasteiger partial charge on any atom is 0.180 e. The molecular weight excluding hydrogens is 230 g/mol. The molecule has 1 rings (SSSR count). The van der Waals surface area contributed by atoms with Gasteiger partial charge in [-0.05, 0) is 19.2 Å². The van der Waals surface area contributed by atoms with Crippen molar-refractivity contribution in [2.75, 3.05) is 27.8 Å². The van der Waals surface area contributed by atoms with Gasteiger partial charge in [0.05, 0.1) is 26.3 Å². The average molecular weight is 244 g/mol. The Morgan fingerprint density at radius 2 is 2.06 bits per heavy atom. The Kier molecular flexibility index (Phi) is 4.58. The summed E-state index contributed by atoms with van der Waals surface area (Å²) in [6.45, 7) is 0.235. The van der Waals surface area contributed by atoms with Crippen molar-refractivity contribution < 1.29 is 14.3 Å². The summed E-state index contributed by atoms with van der Waals surface area (Å²) >= 11 is 6.04. The highest BCUT2D eigenvalue weighted by molar-refractivity contribution is 6.34. The third kappa shape index (κ3) is 2.46. The monoisotopic (exact) mass is 243 g/mol. The Morgan fingerprint density at radius 3 is 2.56 bits per heavy atom. The van der Waals surface area contributed by atoms with E-state index in [0.29, 0.717) is 22.1 Å². The number of Topliss-reactive ketones (excluding diaryl/α,β-unsaturated/α-hetero) is 1. The second-order valence-corrected chi connectivity index (χ2v) is 3.49. The van der Waals surface area contributed by atoms with Crippen LogP contribution < -0.4 is 14.8 Å². The number of ether oxygens (including phenoxy) is 2. The Bertz CT molecular complexity index is 393. The number of nitrogens with one attached hydrogen (secondary N) is 1. The van der Waals surface area contributed by atoms with E-state index in [0.717, 1.165) is 0 Å². The lowest BCUT2D eigenvalue weighted by Crippen LogP contribution is -2.19. The van der Waals surface area contributed by atoms with Gasteiger partial charge in [0, 0.05) is 0 Å². The SMILES string of the molecule is CNCC(=O)c1ccc(OC)c(Cl)c1OC. The zero-order chi connectivity index (χ0) is 12.1. The van der Waals surface area contributed by atoms with Gasteiger partial charge in [0.2, 0.25) is 0 Å². The molecule has 0 saturated carbocycles. The fourth-order valence-corrected chi connectivity index (χ4v) is 1.69. The third-order valence-corrected chi connectivity index (χ3v) is 2.48. The molecule has 0 aliphatic heterocycles. The molecule has 0 amide bonds. The first kappa shape index (κ1) is 12.8. The fraction of sp³-hybridized carbons (Fsp3) is 0.364. The Balaban J connectivity index is 3.20. The molecule has 0 aliphatic rings. The van der Waals surface area contributed by atoms with Gasteiger partial charge in [-0.3, -0.25) is 4.79 Å². The molecule has 5 heteroatoms. The van der Waals surface area contributed by atoms with Crippen LogP contribution in [0.25, 0.3) is 0 Å². The van der Waals surface area contributed by atoms with Gasteiger partial charge in [0.1, 0.15) is 10.8 Å². The van der Waals surface area contributed by atoms with Crippen molar-refractivity contribution in [2.45, 2.75) is 0 Å². The number of hydrogen-bond acceptors (Lipinski definition) is 4. The first-order chi connectivity index (χ1) is 7.65. The molecule has 0 atom stereocenters. The summed E-state index contributed by atoms with van der Waals surface area (Å²) < 4.78 is 10.2. The van der Waals surface area contributed by atoms with Gasteiger partial charge in [-0.2, -0.15) is 0 Å². The van der Waals surface area contributed by atoms with E-state index in [-0.39, 0.29) is 12.3 Å². The molecule has 1 aromatic carbocycles. The summed E-state index contributed by atoms with van der Waals surface area (Å²) in [6, 6.07) is 3.29. The molecule has 0 heterocycles. The van der Waals surface area contributed by atoms with Gasteiger partial charge >= 0.3 is 0 Å². The number of carbonyl (C=O) groups excluding carboxylic acids is 1. The zero-order valence-corrected chi connectivity index (χ0v) is 10.2. The van der Waals surface area contributed by atoms with E-state index in [1.54, 1.807) is 19.2 Å². The summed E-state index contributed by atoms with van der Waals surface area (Å²) in [4.78, 5) is 11.7. The molecule has 16 heavy (non-hydrogen) atoms. The first-order valence-electron chi connectivity index (χ1n) is 4.74. The highest BCUT2D eigenvalue weighted by Gasteiger charge is 2.17. The smallest absolute Gasteiger partial charge is 0.180 e. The van der Waals surface area contributed by atoms with Crippen LogP contribution in [0.1, 0.15) is 10.4 Å². The molecule has 88 valence electrons. The minimum atomic E-state index is -0.0797. The summed E-state index contributed by atoms with van der Waals surface area (Å²) in [5, 5.41) is 3.10. The van der Waals surface area contributed by atoms with Crippen molar-refractivity contribution in [3.63, 3.8) is 0 Å². The van der Waals surface area contributed by atoms with E-state index in [4.69, 9.17) is 21.1 Å². The van der Waals surface area contributed by atoms with E-state index in [9.17, 15) is 4.79 Å². The molecule has 0 fully saturated rings. The quantitative estimate of drug-likeness (QED) is 0.801. The lowest BCUT2D eigenvalue weighted by Gasteiger charge is -2.12. The Labute approximate surface area is 99.5 Å². The maximum atomic E-state index is 11.7. The van der Waals surface area contributed by atoms with Crippen molar-refractivity contribution >= 4 is 17.4 Å². The van der Waals surface area contributed by atoms with Crippen LogP contribution in [0, 0.1) is 0 Å². The molecule has 1 N–H and O–H groups in total.